The molecule has 0 saturated carbocycles. The zero-order chi connectivity index (χ0) is 16.7. The van der Waals surface area contributed by atoms with Gasteiger partial charge in [-0.05, 0) is 12.8 Å². The fourth-order valence-corrected chi connectivity index (χ4v) is 2.60. The average Bonchev–Trinajstić information content (AvgIpc) is 2.66. The quantitative estimate of drug-likeness (QED) is 0.203. The van der Waals surface area contributed by atoms with Crippen LogP contribution in [0.3, 0.4) is 0 Å². The number of quaternary nitrogens is 1. The normalized spacial score (nSPS) is 21.1. The Morgan fingerprint density at radius 3 is 1.57 bits per heavy atom. The van der Waals surface area contributed by atoms with E-state index >= 15 is 0 Å². The topological polar surface area (TPSA) is 0 Å². The maximum atomic E-state index is 9.87. The van der Waals surface area contributed by atoms with Gasteiger partial charge in [0.25, 0.3) is 0 Å². The molecule has 0 unspecified atom stereocenters. The van der Waals surface area contributed by atoms with Crippen molar-refractivity contribution in [3.05, 3.63) is 0 Å². The first-order valence-corrected chi connectivity index (χ1v) is 9.65. The molecule has 1 saturated heterocycles. The van der Waals surface area contributed by atoms with Crippen molar-refractivity contribution < 1.29 is 29.7 Å². The molecule has 132 valence electrons. The Balaban J connectivity index is 0.000000486. The summed E-state index contributed by atoms with van der Waals surface area (Å²) in [6, 6.07) is 0. The van der Waals surface area contributed by atoms with Crippen LogP contribution < -0.4 is 0 Å². The van der Waals surface area contributed by atoms with Gasteiger partial charge in [-0.25, -0.2) is 0 Å². The molecule has 0 aromatic rings. The number of hydrogen-bond acceptors (Lipinski definition) is 0. The molecule has 0 aromatic heterocycles. The van der Waals surface area contributed by atoms with Crippen LogP contribution in [0.4, 0.5) is 25.2 Å². The average molecular weight is 343 g/mol. The molecular formula is C13H28F6NP. The zero-order valence-corrected chi connectivity index (χ0v) is 13.8. The van der Waals surface area contributed by atoms with Crippen LogP contribution in [-0.2, 0) is 0 Å². The molecule has 1 heterocycles. The number of hydrogen-bond donors (Lipinski definition) is 0. The summed E-state index contributed by atoms with van der Waals surface area (Å²) in [5, 5.41) is 0. The van der Waals surface area contributed by atoms with Crippen molar-refractivity contribution in [1.82, 2.24) is 0 Å². The van der Waals surface area contributed by atoms with E-state index in [0.29, 0.717) is 0 Å². The van der Waals surface area contributed by atoms with E-state index in [2.05, 4.69) is 14.0 Å². The van der Waals surface area contributed by atoms with E-state index in [1.54, 1.807) is 0 Å². The molecule has 0 aliphatic carbocycles. The Bertz CT molecular complexity index is 282. The minimum atomic E-state index is -10.7. The summed E-state index contributed by atoms with van der Waals surface area (Å²) in [6.07, 6.45) is 11.6. The molecule has 8 heteroatoms. The van der Waals surface area contributed by atoms with Gasteiger partial charge in [0, 0.05) is 12.8 Å². The number of unbranched alkanes of at least 4 members (excludes halogenated alkanes) is 5. The first kappa shape index (κ1) is 21.0. The molecule has 21 heavy (non-hydrogen) atoms. The summed E-state index contributed by atoms with van der Waals surface area (Å²) in [5.41, 5.74) is 0. The van der Waals surface area contributed by atoms with Crippen LogP contribution in [-0.4, -0.2) is 31.2 Å². The van der Waals surface area contributed by atoms with Crippen molar-refractivity contribution in [3.8, 4) is 0 Å². The molecule has 1 aliphatic heterocycles. The second kappa shape index (κ2) is 7.03. The SMILES string of the molecule is CCCCCCCC[N+]1(C)CCCC1.F[P-](F)(F)(F)(F)F. The van der Waals surface area contributed by atoms with E-state index in [1.807, 2.05) is 0 Å². The van der Waals surface area contributed by atoms with Crippen LogP contribution >= 0.6 is 7.81 Å². The Hall–Kier alpha value is -0.0300. The van der Waals surface area contributed by atoms with Crippen LogP contribution in [0.1, 0.15) is 58.3 Å². The van der Waals surface area contributed by atoms with Crippen LogP contribution in [0.15, 0.2) is 0 Å². The molecule has 0 aromatic carbocycles. The zero-order valence-electron chi connectivity index (χ0n) is 12.9. The van der Waals surface area contributed by atoms with Crippen LogP contribution in [0, 0.1) is 0 Å². The van der Waals surface area contributed by atoms with Crippen molar-refractivity contribution in [3.63, 3.8) is 0 Å². The standard InChI is InChI=1S/C13H28N.F6P/c1-3-4-5-6-7-8-11-14(2)12-9-10-13-14;1-7(2,3,4,5)6/h3-13H2,1-2H3;/q+1;-1. The van der Waals surface area contributed by atoms with Crippen molar-refractivity contribution in [2.75, 3.05) is 26.7 Å². The van der Waals surface area contributed by atoms with Crippen LogP contribution in [0.2, 0.25) is 0 Å². The van der Waals surface area contributed by atoms with E-state index in [9.17, 15) is 25.2 Å². The number of rotatable bonds is 7. The second-order valence-electron chi connectivity index (χ2n) is 6.22. The van der Waals surface area contributed by atoms with Gasteiger partial charge in [-0.3, -0.25) is 0 Å². The van der Waals surface area contributed by atoms with Gasteiger partial charge in [-0.15, -0.1) is 0 Å². The van der Waals surface area contributed by atoms with Gasteiger partial charge in [0.05, 0.1) is 26.7 Å². The van der Waals surface area contributed by atoms with Crippen molar-refractivity contribution >= 4 is 7.81 Å². The van der Waals surface area contributed by atoms with E-state index in [0.717, 1.165) is 0 Å². The number of halogens is 6. The van der Waals surface area contributed by atoms with Crippen LogP contribution in [0.5, 0.6) is 0 Å². The first-order valence-electron chi connectivity index (χ1n) is 7.62. The van der Waals surface area contributed by atoms with E-state index in [4.69, 9.17) is 0 Å². The molecule has 0 atom stereocenters. The molecule has 1 rings (SSSR count). The Morgan fingerprint density at radius 1 is 0.762 bits per heavy atom. The maximum absolute atomic E-state index is 10.7. The second-order valence-corrected chi connectivity index (χ2v) is 8.14. The third-order valence-electron chi connectivity index (χ3n) is 3.70. The van der Waals surface area contributed by atoms with Crippen molar-refractivity contribution in [2.45, 2.75) is 58.3 Å². The predicted octanol–water partition coefficient (Wildman–Crippen LogP) is 6.97. The Labute approximate surface area is 123 Å². The summed E-state index contributed by atoms with van der Waals surface area (Å²) in [7, 11) is -8.21. The van der Waals surface area contributed by atoms with Crippen LogP contribution in [0.25, 0.3) is 0 Å². The molecule has 1 nitrogen and oxygen atoms in total. The summed E-state index contributed by atoms with van der Waals surface area (Å²) < 4.78 is 60.6. The Morgan fingerprint density at radius 2 is 1.14 bits per heavy atom. The Kier molecular flexibility index (Phi) is 7.02. The molecular weight excluding hydrogens is 315 g/mol. The fourth-order valence-electron chi connectivity index (χ4n) is 2.60. The van der Waals surface area contributed by atoms with Gasteiger partial charge >= 0.3 is 33.0 Å². The van der Waals surface area contributed by atoms with Gasteiger partial charge < -0.3 is 4.48 Å². The van der Waals surface area contributed by atoms with E-state index < -0.39 is 7.81 Å². The summed E-state index contributed by atoms with van der Waals surface area (Å²) in [5.74, 6) is 0. The molecule has 1 aliphatic rings. The van der Waals surface area contributed by atoms with Gasteiger partial charge in [-0.1, -0.05) is 32.6 Å². The molecule has 0 amide bonds. The van der Waals surface area contributed by atoms with Gasteiger partial charge in [0.1, 0.15) is 0 Å². The molecule has 0 N–H and O–H groups in total. The summed E-state index contributed by atoms with van der Waals surface area (Å²) in [6.45, 7) is 6.60. The van der Waals surface area contributed by atoms with Gasteiger partial charge in [0.2, 0.25) is 0 Å². The third-order valence-corrected chi connectivity index (χ3v) is 3.70. The van der Waals surface area contributed by atoms with E-state index in [-0.39, 0.29) is 0 Å². The first-order chi connectivity index (χ1) is 9.22. The minimum absolute atomic E-state index is 1.37. The van der Waals surface area contributed by atoms with Gasteiger partial charge in [0.15, 0.2) is 0 Å². The molecule has 0 bridgehead atoms. The monoisotopic (exact) mass is 343 g/mol. The molecule has 0 radical (unpaired) electrons. The van der Waals surface area contributed by atoms with Crippen molar-refractivity contribution in [1.29, 1.82) is 0 Å². The predicted molar refractivity (Wildman–Crippen MR) is 77.0 cm³/mol. The third kappa shape index (κ3) is 20.0. The number of likely N-dealkylation sites (tertiary alicyclic amines) is 1. The molecule has 0 spiro atoms. The van der Waals surface area contributed by atoms with E-state index in [1.165, 1.54) is 75.5 Å². The summed E-state index contributed by atoms with van der Waals surface area (Å²) in [4.78, 5) is 0. The summed E-state index contributed by atoms with van der Waals surface area (Å²) >= 11 is 0. The van der Waals surface area contributed by atoms with Crippen molar-refractivity contribution in [2.24, 2.45) is 0 Å². The number of nitrogens with zero attached hydrogens (tertiary/aromatic N) is 1. The molecule has 1 fully saturated rings. The van der Waals surface area contributed by atoms with Gasteiger partial charge in [-0.2, -0.15) is 0 Å². The fraction of sp³-hybridized carbons (Fsp3) is 1.00.